The van der Waals surface area contributed by atoms with Crippen molar-refractivity contribution < 1.29 is 0 Å². The molecule has 4 heteroatoms. The van der Waals surface area contributed by atoms with E-state index in [1.807, 2.05) is 0 Å². The molecule has 2 rings (SSSR count). The quantitative estimate of drug-likeness (QED) is 0.921. The molecule has 0 spiro atoms. The summed E-state index contributed by atoms with van der Waals surface area (Å²) in [5.74, 6) is 0. The van der Waals surface area contributed by atoms with Crippen molar-refractivity contribution in [1.29, 1.82) is 0 Å². The summed E-state index contributed by atoms with van der Waals surface area (Å²) in [6, 6.07) is 1.50. The number of nitrogens with two attached hydrogens (primary N) is 1. The van der Waals surface area contributed by atoms with E-state index in [0.717, 1.165) is 19.4 Å². The van der Waals surface area contributed by atoms with Gasteiger partial charge in [0.15, 0.2) is 0 Å². The fraction of sp³-hybridized carbons (Fsp3) is 0.812. The number of aromatic nitrogens is 2. The van der Waals surface area contributed by atoms with E-state index in [4.69, 9.17) is 5.73 Å². The molecule has 1 heterocycles. The summed E-state index contributed by atoms with van der Waals surface area (Å²) in [4.78, 5) is 2.53. The summed E-state index contributed by atoms with van der Waals surface area (Å²) >= 11 is 0. The van der Waals surface area contributed by atoms with Crippen LogP contribution in [-0.2, 0) is 6.54 Å². The Hall–Kier alpha value is -0.870. The maximum Gasteiger partial charge on any atom is 0.0644 e. The number of aryl methyl sites for hydroxylation is 2. The average molecular weight is 278 g/mol. The van der Waals surface area contributed by atoms with Crippen LogP contribution >= 0.6 is 0 Å². The summed E-state index contributed by atoms with van der Waals surface area (Å²) in [7, 11) is 2.26. The van der Waals surface area contributed by atoms with Gasteiger partial charge in [-0.15, -0.1) is 0 Å². The Morgan fingerprint density at radius 2 is 1.90 bits per heavy atom. The lowest BCUT2D eigenvalue weighted by Gasteiger charge is -2.37. The predicted molar refractivity (Wildman–Crippen MR) is 83.8 cm³/mol. The van der Waals surface area contributed by atoms with Gasteiger partial charge in [-0.2, -0.15) is 5.10 Å². The first-order valence-corrected chi connectivity index (χ1v) is 7.97. The Labute approximate surface area is 123 Å². The number of hydrogen-bond donors (Lipinski definition) is 1. The normalized spacial score (nSPS) is 25.1. The van der Waals surface area contributed by atoms with Crippen LogP contribution in [-0.4, -0.2) is 33.8 Å². The minimum absolute atomic E-state index is 0.418. The third-order valence-electron chi connectivity index (χ3n) is 5.08. The summed E-state index contributed by atoms with van der Waals surface area (Å²) in [5.41, 5.74) is 9.92. The molecule has 0 saturated heterocycles. The highest BCUT2D eigenvalue weighted by molar-refractivity contribution is 5.28. The van der Waals surface area contributed by atoms with Crippen molar-refractivity contribution in [3.8, 4) is 0 Å². The van der Waals surface area contributed by atoms with E-state index in [9.17, 15) is 0 Å². The average Bonchev–Trinajstić information content (AvgIpc) is 2.72. The summed E-state index contributed by atoms with van der Waals surface area (Å²) in [6.07, 6.45) is 4.77. The van der Waals surface area contributed by atoms with Crippen molar-refractivity contribution >= 4 is 0 Å². The van der Waals surface area contributed by atoms with Gasteiger partial charge in [0.2, 0.25) is 0 Å². The van der Waals surface area contributed by atoms with Crippen molar-refractivity contribution in [3.05, 3.63) is 17.0 Å². The van der Waals surface area contributed by atoms with E-state index in [0.29, 0.717) is 18.1 Å². The maximum atomic E-state index is 6.02. The monoisotopic (exact) mass is 278 g/mol. The lowest BCUT2D eigenvalue weighted by atomic mass is 9.89. The van der Waals surface area contributed by atoms with Crippen molar-refractivity contribution in [2.45, 2.75) is 78.0 Å². The molecule has 1 fully saturated rings. The molecule has 1 aliphatic rings. The molecule has 0 amide bonds. The van der Waals surface area contributed by atoms with E-state index in [1.54, 1.807) is 0 Å². The Kier molecular flexibility index (Phi) is 4.86. The molecule has 114 valence electrons. The fourth-order valence-corrected chi connectivity index (χ4v) is 3.65. The zero-order valence-corrected chi connectivity index (χ0v) is 13.7. The SMILES string of the molecule is CCn1nc(C)c(C(C)N(C)C2CCC(N)CC2)c1C. The van der Waals surface area contributed by atoms with Gasteiger partial charge in [0.05, 0.1) is 5.69 Å². The standard InChI is InChI=1S/C16H30N4/c1-6-20-13(4)16(11(2)18-20)12(3)19(5)15-9-7-14(17)8-10-15/h12,14-15H,6-10,17H2,1-5H3. The molecule has 0 bridgehead atoms. The first-order chi connectivity index (χ1) is 9.45. The smallest absolute Gasteiger partial charge is 0.0644 e. The van der Waals surface area contributed by atoms with Gasteiger partial charge in [-0.05, 0) is 60.4 Å². The third-order valence-corrected chi connectivity index (χ3v) is 5.08. The maximum absolute atomic E-state index is 6.02. The molecule has 2 N–H and O–H groups in total. The van der Waals surface area contributed by atoms with Gasteiger partial charge in [0.25, 0.3) is 0 Å². The molecule has 1 unspecified atom stereocenters. The Bertz CT molecular complexity index is 444. The van der Waals surface area contributed by atoms with Crippen LogP contribution in [0.5, 0.6) is 0 Å². The zero-order chi connectivity index (χ0) is 14.9. The largest absolute Gasteiger partial charge is 0.328 e. The van der Waals surface area contributed by atoms with Crippen molar-refractivity contribution in [3.63, 3.8) is 0 Å². The molecular formula is C16H30N4. The van der Waals surface area contributed by atoms with Crippen LogP contribution in [0.4, 0.5) is 0 Å². The molecule has 0 aromatic carbocycles. The molecule has 4 nitrogen and oxygen atoms in total. The van der Waals surface area contributed by atoms with Crippen LogP contribution < -0.4 is 5.73 Å². The van der Waals surface area contributed by atoms with E-state index in [-0.39, 0.29) is 0 Å². The minimum Gasteiger partial charge on any atom is -0.328 e. The van der Waals surface area contributed by atoms with E-state index < -0.39 is 0 Å². The Morgan fingerprint density at radius 1 is 1.30 bits per heavy atom. The molecular weight excluding hydrogens is 248 g/mol. The molecule has 1 aromatic heterocycles. The van der Waals surface area contributed by atoms with Gasteiger partial charge in [-0.1, -0.05) is 0 Å². The molecule has 1 aromatic rings. The first-order valence-electron chi connectivity index (χ1n) is 7.97. The third kappa shape index (κ3) is 2.91. The van der Waals surface area contributed by atoms with Crippen LogP contribution in [0.25, 0.3) is 0 Å². The van der Waals surface area contributed by atoms with E-state index in [1.165, 1.54) is 29.8 Å². The Morgan fingerprint density at radius 3 is 2.40 bits per heavy atom. The van der Waals surface area contributed by atoms with Crippen LogP contribution in [0.15, 0.2) is 0 Å². The fourth-order valence-electron chi connectivity index (χ4n) is 3.65. The number of hydrogen-bond acceptors (Lipinski definition) is 3. The van der Waals surface area contributed by atoms with Crippen LogP contribution in [0.2, 0.25) is 0 Å². The summed E-state index contributed by atoms with van der Waals surface area (Å²) in [6.45, 7) is 9.74. The van der Waals surface area contributed by atoms with E-state index in [2.05, 4.69) is 49.4 Å². The highest BCUT2D eigenvalue weighted by Crippen LogP contribution is 2.31. The lowest BCUT2D eigenvalue weighted by Crippen LogP contribution is -2.40. The van der Waals surface area contributed by atoms with Crippen LogP contribution in [0.3, 0.4) is 0 Å². The van der Waals surface area contributed by atoms with Crippen molar-refractivity contribution in [1.82, 2.24) is 14.7 Å². The molecule has 1 aliphatic carbocycles. The van der Waals surface area contributed by atoms with Crippen LogP contribution in [0, 0.1) is 13.8 Å². The number of nitrogens with zero attached hydrogens (tertiary/aromatic N) is 3. The van der Waals surface area contributed by atoms with Gasteiger partial charge in [-0.25, -0.2) is 0 Å². The minimum atomic E-state index is 0.418. The molecule has 0 aliphatic heterocycles. The molecule has 1 saturated carbocycles. The van der Waals surface area contributed by atoms with Gasteiger partial charge in [-0.3, -0.25) is 9.58 Å². The zero-order valence-electron chi connectivity index (χ0n) is 13.7. The Balaban J connectivity index is 2.14. The van der Waals surface area contributed by atoms with Crippen molar-refractivity contribution in [2.75, 3.05) is 7.05 Å². The second-order valence-electron chi connectivity index (χ2n) is 6.31. The first kappa shape index (κ1) is 15.5. The van der Waals surface area contributed by atoms with Gasteiger partial charge in [0.1, 0.15) is 0 Å². The van der Waals surface area contributed by atoms with Gasteiger partial charge in [0, 0.05) is 35.9 Å². The predicted octanol–water partition coefficient (Wildman–Crippen LogP) is 2.78. The second-order valence-corrected chi connectivity index (χ2v) is 6.31. The highest BCUT2D eigenvalue weighted by Gasteiger charge is 2.28. The molecule has 1 atom stereocenters. The summed E-state index contributed by atoms with van der Waals surface area (Å²) in [5, 5.41) is 4.66. The lowest BCUT2D eigenvalue weighted by molar-refractivity contribution is 0.140. The highest BCUT2D eigenvalue weighted by atomic mass is 15.3. The second kappa shape index (κ2) is 6.27. The van der Waals surface area contributed by atoms with E-state index >= 15 is 0 Å². The van der Waals surface area contributed by atoms with Gasteiger partial charge >= 0.3 is 0 Å². The van der Waals surface area contributed by atoms with Crippen molar-refractivity contribution in [2.24, 2.45) is 5.73 Å². The summed E-state index contributed by atoms with van der Waals surface area (Å²) < 4.78 is 2.12. The number of rotatable bonds is 4. The van der Waals surface area contributed by atoms with Gasteiger partial charge < -0.3 is 5.73 Å². The molecule has 0 radical (unpaired) electrons. The topological polar surface area (TPSA) is 47.1 Å². The molecule has 20 heavy (non-hydrogen) atoms. The van der Waals surface area contributed by atoms with Crippen LogP contribution in [0.1, 0.15) is 62.5 Å².